The zero-order chi connectivity index (χ0) is 14.3. The number of allylic oxidation sites excluding steroid dienone is 1. The second-order valence-corrected chi connectivity index (χ2v) is 5.04. The maximum atomic E-state index is 2.20. The van der Waals surface area contributed by atoms with Crippen LogP contribution in [-0.2, 0) is 32.6 Å². The van der Waals surface area contributed by atoms with Crippen molar-refractivity contribution in [2.75, 3.05) is 0 Å². The molecule has 3 aromatic rings. The topological polar surface area (TPSA) is 0 Å². The molecule has 0 nitrogen and oxygen atoms in total. The van der Waals surface area contributed by atoms with E-state index in [-0.39, 0.29) is 26.2 Å². The van der Waals surface area contributed by atoms with Crippen LogP contribution < -0.4 is 0 Å². The number of hydrogen-bond donors (Lipinski definition) is 0. The van der Waals surface area contributed by atoms with E-state index in [2.05, 4.69) is 84.9 Å². The smallest absolute Gasteiger partial charge is 0 e. The molecule has 1 aliphatic rings. The van der Waals surface area contributed by atoms with Gasteiger partial charge in [-0.15, -0.1) is 0 Å². The van der Waals surface area contributed by atoms with Crippen molar-refractivity contribution in [2.45, 2.75) is 6.42 Å². The Balaban J connectivity index is 0.000000159. The minimum absolute atomic E-state index is 0. The molecule has 0 unspecified atom stereocenters. The Morgan fingerprint density at radius 1 is 0.545 bits per heavy atom. The van der Waals surface area contributed by atoms with Crippen LogP contribution in [-0.4, -0.2) is 0 Å². The first-order chi connectivity index (χ1) is 10.4. The fourth-order valence-electron chi connectivity index (χ4n) is 2.46. The normalized spacial score (nSPS) is 10.9. The summed E-state index contributed by atoms with van der Waals surface area (Å²) in [6.45, 7) is 0. The van der Waals surface area contributed by atoms with Gasteiger partial charge in [0.2, 0.25) is 0 Å². The van der Waals surface area contributed by atoms with Crippen molar-refractivity contribution in [3.8, 4) is 11.1 Å². The molecule has 106 valence electrons. The Kier molecular flexibility index (Phi) is 6.55. The second-order valence-electron chi connectivity index (χ2n) is 5.04. The summed E-state index contributed by atoms with van der Waals surface area (Å²) in [5.74, 6) is 0. The molecule has 22 heavy (non-hydrogen) atoms. The van der Waals surface area contributed by atoms with Crippen molar-refractivity contribution in [2.24, 2.45) is 0 Å². The van der Waals surface area contributed by atoms with Crippen molar-refractivity contribution in [1.82, 2.24) is 0 Å². The number of rotatable bonds is 1. The Bertz CT molecular complexity index is 678. The van der Waals surface area contributed by atoms with Crippen molar-refractivity contribution < 1.29 is 26.2 Å². The maximum absolute atomic E-state index is 2.20. The molecule has 0 atom stereocenters. The maximum Gasteiger partial charge on any atom is 0 e. The van der Waals surface area contributed by atoms with E-state index in [0.717, 1.165) is 6.42 Å². The minimum Gasteiger partial charge on any atom is -0.0795 e. The van der Waals surface area contributed by atoms with Gasteiger partial charge in [-0.1, -0.05) is 97.1 Å². The van der Waals surface area contributed by atoms with Gasteiger partial charge in [0.25, 0.3) is 0 Å². The van der Waals surface area contributed by atoms with Crippen LogP contribution in [0.1, 0.15) is 11.1 Å². The number of hydrogen-bond acceptors (Lipinski definition) is 0. The molecule has 0 aliphatic heterocycles. The first kappa shape index (κ1) is 16.7. The summed E-state index contributed by atoms with van der Waals surface area (Å²) < 4.78 is 0. The number of fused-ring (bicyclic) bond motifs is 1. The van der Waals surface area contributed by atoms with Gasteiger partial charge in [0.1, 0.15) is 0 Å². The van der Waals surface area contributed by atoms with Crippen molar-refractivity contribution in [1.29, 1.82) is 0 Å². The van der Waals surface area contributed by atoms with Crippen LogP contribution in [0.25, 0.3) is 17.2 Å². The molecular formula is C21H18Zr. The van der Waals surface area contributed by atoms with Crippen LogP contribution in [0.3, 0.4) is 0 Å². The molecule has 1 heteroatoms. The molecule has 0 aromatic heterocycles. The number of benzene rings is 3. The Morgan fingerprint density at radius 3 is 1.59 bits per heavy atom. The van der Waals surface area contributed by atoms with E-state index in [0.29, 0.717) is 0 Å². The molecule has 0 radical (unpaired) electrons. The molecule has 0 saturated heterocycles. The summed E-state index contributed by atoms with van der Waals surface area (Å²) in [7, 11) is 0. The van der Waals surface area contributed by atoms with E-state index in [1.54, 1.807) is 0 Å². The van der Waals surface area contributed by atoms with Gasteiger partial charge in [-0.2, -0.15) is 0 Å². The van der Waals surface area contributed by atoms with Gasteiger partial charge in [-0.25, -0.2) is 0 Å². The van der Waals surface area contributed by atoms with Gasteiger partial charge in [0, 0.05) is 26.2 Å². The molecule has 0 spiro atoms. The molecule has 0 saturated carbocycles. The average molecular weight is 362 g/mol. The standard InChI is InChI=1S/C12H10.C9H8.Zr/c1-3-7-11(8-4-1)12-9-5-2-6-10-12;1-2-5-9-7-3-6-8(9)4-1;/h1-10H;1-6H,7H2;. The molecule has 3 aromatic carbocycles. The molecule has 0 bridgehead atoms. The van der Waals surface area contributed by atoms with Crippen LogP contribution in [0, 0.1) is 0 Å². The van der Waals surface area contributed by atoms with E-state index < -0.39 is 0 Å². The molecular weight excluding hydrogens is 343 g/mol. The predicted molar refractivity (Wildman–Crippen MR) is 91.1 cm³/mol. The third-order valence-corrected chi connectivity index (χ3v) is 3.57. The van der Waals surface area contributed by atoms with Gasteiger partial charge < -0.3 is 0 Å². The summed E-state index contributed by atoms with van der Waals surface area (Å²) in [6, 6.07) is 29.3. The monoisotopic (exact) mass is 360 g/mol. The van der Waals surface area contributed by atoms with Crippen LogP contribution in [0.5, 0.6) is 0 Å². The van der Waals surface area contributed by atoms with E-state index >= 15 is 0 Å². The first-order valence-corrected chi connectivity index (χ1v) is 7.28. The van der Waals surface area contributed by atoms with Crippen LogP contribution in [0.2, 0.25) is 0 Å². The quantitative estimate of drug-likeness (QED) is 0.529. The van der Waals surface area contributed by atoms with Crippen LogP contribution >= 0.6 is 0 Å². The predicted octanol–water partition coefficient (Wildman–Crippen LogP) is 5.61. The second kappa shape index (κ2) is 8.66. The molecule has 0 N–H and O–H groups in total. The minimum atomic E-state index is 0. The fourth-order valence-corrected chi connectivity index (χ4v) is 2.46. The summed E-state index contributed by atoms with van der Waals surface area (Å²) in [4.78, 5) is 0. The third kappa shape index (κ3) is 4.39. The molecule has 0 heterocycles. The van der Waals surface area contributed by atoms with Crippen LogP contribution in [0.4, 0.5) is 0 Å². The van der Waals surface area contributed by atoms with E-state index in [1.807, 2.05) is 12.1 Å². The van der Waals surface area contributed by atoms with E-state index in [9.17, 15) is 0 Å². The Morgan fingerprint density at radius 2 is 1.05 bits per heavy atom. The molecule has 4 rings (SSSR count). The Hall–Kier alpha value is -1.72. The van der Waals surface area contributed by atoms with Crippen molar-refractivity contribution >= 4 is 6.08 Å². The third-order valence-electron chi connectivity index (χ3n) is 3.57. The van der Waals surface area contributed by atoms with Gasteiger partial charge in [-0.3, -0.25) is 0 Å². The zero-order valence-electron chi connectivity index (χ0n) is 12.4. The van der Waals surface area contributed by atoms with E-state index in [1.165, 1.54) is 22.3 Å². The average Bonchev–Trinajstić information content (AvgIpc) is 3.06. The summed E-state index contributed by atoms with van der Waals surface area (Å²) in [5.41, 5.74) is 5.39. The first-order valence-electron chi connectivity index (χ1n) is 7.28. The molecule has 0 amide bonds. The van der Waals surface area contributed by atoms with Gasteiger partial charge in [0.15, 0.2) is 0 Å². The fraction of sp³-hybridized carbons (Fsp3) is 0.0476. The summed E-state index contributed by atoms with van der Waals surface area (Å²) in [5, 5.41) is 0. The van der Waals surface area contributed by atoms with Crippen LogP contribution in [0.15, 0.2) is 91.0 Å². The largest absolute Gasteiger partial charge is 0.0795 e. The molecule has 1 aliphatic carbocycles. The Labute approximate surface area is 151 Å². The van der Waals surface area contributed by atoms with E-state index in [4.69, 9.17) is 0 Å². The molecule has 0 fully saturated rings. The SMILES string of the molecule is C1=Cc2ccccc2C1.[Zr].c1ccc(-c2ccccc2)cc1. The van der Waals surface area contributed by atoms with Gasteiger partial charge >= 0.3 is 0 Å². The zero-order valence-corrected chi connectivity index (χ0v) is 14.9. The van der Waals surface area contributed by atoms with Crippen molar-refractivity contribution in [3.63, 3.8) is 0 Å². The van der Waals surface area contributed by atoms with Gasteiger partial charge in [-0.05, 0) is 28.7 Å². The summed E-state index contributed by atoms with van der Waals surface area (Å²) >= 11 is 0. The van der Waals surface area contributed by atoms with Gasteiger partial charge in [0.05, 0.1) is 0 Å². The van der Waals surface area contributed by atoms with Crippen molar-refractivity contribution in [3.05, 3.63) is 102 Å². The summed E-state index contributed by atoms with van der Waals surface area (Å²) in [6.07, 6.45) is 5.50.